The molecule has 0 amide bonds. The van der Waals surface area contributed by atoms with E-state index in [9.17, 15) is 4.39 Å². The first kappa shape index (κ1) is 10.4. The Bertz CT molecular complexity index is 496. The van der Waals surface area contributed by atoms with Crippen molar-refractivity contribution in [1.29, 1.82) is 0 Å². The molecule has 0 saturated carbocycles. The van der Waals surface area contributed by atoms with E-state index in [-0.39, 0.29) is 11.8 Å². The molecule has 3 N–H and O–H groups in total. The van der Waals surface area contributed by atoms with Gasteiger partial charge in [-0.15, -0.1) is 0 Å². The maximum atomic E-state index is 13.3. The Morgan fingerprint density at radius 1 is 1.25 bits per heavy atom. The summed E-state index contributed by atoms with van der Waals surface area (Å²) in [5, 5.41) is 2.83. The Morgan fingerprint density at radius 3 is 2.62 bits per heavy atom. The molecular weight excluding hydrogens is 207 g/mol. The number of benzene rings is 1. The highest BCUT2D eigenvalue weighted by atomic mass is 19.1. The molecule has 4 nitrogen and oxygen atoms in total. The fraction of sp³-hybridized carbons (Fsp3) is 0.0909. The molecule has 1 aromatic carbocycles. The number of rotatable bonds is 2. The molecule has 2 aromatic rings. The first-order valence-corrected chi connectivity index (χ1v) is 4.77. The number of aromatic nitrogens is 2. The fourth-order valence-corrected chi connectivity index (χ4v) is 1.24. The molecule has 5 heteroatoms. The Morgan fingerprint density at radius 2 is 1.94 bits per heavy atom. The molecule has 0 atom stereocenters. The van der Waals surface area contributed by atoms with Crippen LogP contribution in [0.15, 0.2) is 30.5 Å². The van der Waals surface area contributed by atoms with Gasteiger partial charge in [0, 0.05) is 5.69 Å². The Kier molecular flexibility index (Phi) is 2.68. The van der Waals surface area contributed by atoms with Crippen LogP contribution in [0.25, 0.3) is 0 Å². The summed E-state index contributed by atoms with van der Waals surface area (Å²) in [5.41, 5.74) is 7.26. The van der Waals surface area contributed by atoms with E-state index in [1.807, 2.05) is 31.2 Å². The molecule has 2 rings (SSSR count). The molecule has 0 unspecified atom stereocenters. The molecule has 0 fully saturated rings. The van der Waals surface area contributed by atoms with E-state index in [2.05, 4.69) is 15.3 Å². The summed E-state index contributed by atoms with van der Waals surface area (Å²) >= 11 is 0. The van der Waals surface area contributed by atoms with Gasteiger partial charge in [-0.25, -0.2) is 9.37 Å². The Balaban J connectivity index is 2.26. The normalized spacial score (nSPS) is 10.1. The van der Waals surface area contributed by atoms with Crippen LogP contribution in [0, 0.1) is 12.7 Å². The summed E-state index contributed by atoms with van der Waals surface area (Å²) in [7, 11) is 0. The maximum Gasteiger partial charge on any atom is 0.222 e. The van der Waals surface area contributed by atoms with Gasteiger partial charge in [-0.05, 0) is 19.1 Å². The number of nitrogens with one attached hydrogen (secondary N) is 1. The summed E-state index contributed by atoms with van der Waals surface area (Å²) in [6, 6.07) is 7.52. The molecule has 0 aliphatic rings. The van der Waals surface area contributed by atoms with Crippen LogP contribution in [0.4, 0.5) is 21.8 Å². The van der Waals surface area contributed by atoms with E-state index in [1.165, 1.54) is 0 Å². The third-order valence-corrected chi connectivity index (χ3v) is 2.08. The number of nitrogens with zero attached hydrogens (tertiary/aromatic N) is 2. The van der Waals surface area contributed by atoms with Gasteiger partial charge in [0.15, 0.2) is 11.6 Å². The largest absolute Gasteiger partial charge is 0.368 e. The lowest BCUT2D eigenvalue weighted by Gasteiger charge is -2.06. The minimum atomic E-state index is -0.533. The van der Waals surface area contributed by atoms with Gasteiger partial charge < -0.3 is 11.1 Å². The fourth-order valence-electron chi connectivity index (χ4n) is 1.24. The summed E-state index contributed by atoms with van der Waals surface area (Å²) in [6.07, 6.45) is 1.04. The van der Waals surface area contributed by atoms with E-state index in [0.717, 1.165) is 17.4 Å². The van der Waals surface area contributed by atoms with Crippen molar-refractivity contribution in [2.45, 2.75) is 6.92 Å². The van der Waals surface area contributed by atoms with Gasteiger partial charge in [-0.2, -0.15) is 4.98 Å². The van der Waals surface area contributed by atoms with Crippen LogP contribution in [-0.4, -0.2) is 9.97 Å². The van der Waals surface area contributed by atoms with Gasteiger partial charge in [0.2, 0.25) is 5.95 Å². The van der Waals surface area contributed by atoms with Crippen molar-refractivity contribution < 1.29 is 4.39 Å². The van der Waals surface area contributed by atoms with Gasteiger partial charge in [-0.3, -0.25) is 0 Å². The standard InChI is InChI=1S/C11H11FN4/c1-7-2-4-8(5-3-7)15-10-9(12)6-14-11(13)16-10/h2-6H,1H3,(H3,13,14,15,16). The highest BCUT2D eigenvalue weighted by Crippen LogP contribution is 2.17. The van der Waals surface area contributed by atoms with Gasteiger partial charge in [0.1, 0.15) is 0 Å². The van der Waals surface area contributed by atoms with Crippen LogP contribution in [0.1, 0.15) is 5.56 Å². The average Bonchev–Trinajstić information content (AvgIpc) is 2.27. The molecule has 1 heterocycles. The number of halogens is 1. The molecule has 1 aromatic heterocycles. The second kappa shape index (κ2) is 4.14. The molecule has 0 aliphatic carbocycles. The van der Waals surface area contributed by atoms with E-state index in [4.69, 9.17) is 5.73 Å². The molecule has 82 valence electrons. The van der Waals surface area contributed by atoms with Crippen molar-refractivity contribution >= 4 is 17.5 Å². The quantitative estimate of drug-likeness (QED) is 0.811. The smallest absolute Gasteiger partial charge is 0.222 e. The van der Waals surface area contributed by atoms with Crippen molar-refractivity contribution in [3.8, 4) is 0 Å². The highest BCUT2D eigenvalue weighted by Gasteiger charge is 2.05. The first-order valence-electron chi connectivity index (χ1n) is 4.77. The molecule has 0 radical (unpaired) electrons. The summed E-state index contributed by atoms with van der Waals surface area (Å²) < 4.78 is 13.3. The number of anilines is 3. The number of hydrogen-bond donors (Lipinski definition) is 2. The maximum absolute atomic E-state index is 13.3. The Hall–Kier alpha value is -2.17. The van der Waals surface area contributed by atoms with Crippen molar-refractivity contribution in [3.63, 3.8) is 0 Å². The van der Waals surface area contributed by atoms with E-state index < -0.39 is 5.82 Å². The van der Waals surface area contributed by atoms with E-state index in [0.29, 0.717) is 0 Å². The number of nitrogen functional groups attached to an aromatic ring is 1. The van der Waals surface area contributed by atoms with Crippen molar-refractivity contribution in [1.82, 2.24) is 9.97 Å². The zero-order valence-corrected chi connectivity index (χ0v) is 8.74. The summed E-state index contributed by atoms with van der Waals surface area (Å²) in [6.45, 7) is 1.98. The predicted octanol–water partition coefficient (Wildman–Crippen LogP) is 2.25. The zero-order valence-electron chi connectivity index (χ0n) is 8.74. The van der Waals surface area contributed by atoms with E-state index in [1.54, 1.807) is 0 Å². The average molecular weight is 218 g/mol. The molecule has 16 heavy (non-hydrogen) atoms. The lowest BCUT2D eigenvalue weighted by Crippen LogP contribution is -2.02. The van der Waals surface area contributed by atoms with Gasteiger partial charge in [0.05, 0.1) is 6.20 Å². The SMILES string of the molecule is Cc1ccc(Nc2nc(N)ncc2F)cc1. The van der Waals surface area contributed by atoms with Crippen LogP contribution in [-0.2, 0) is 0 Å². The highest BCUT2D eigenvalue weighted by molar-refractivity contribution is 5.57. The Labute approximate surface area is 92.3 Å². The number of hydrogen-bond acceptors (Lipinski definition) is 4. The van der Waals surface area contributed by atoms with Gasteiger partial charge >= 0.3 is 0 Å². The van der Waals surface area contributed by atoms with Crippen LogP contribution >= 0.6 is 0 Å². The predicted molar refractivity (Wildman–Crippen MR) is 60.9 cm³/mol. The van der Waals surface area contributed by atoms with Crippen molar-refractivity contribution in [2.24, 2.45) is 0 Å². The zero-order chi connectivity index (χ0) is 11.5. The first-order chi connectivity index (χ1) is 7.65. The molecule has 0 saturated heterocycles. The van der Waals surface area contributed by atoms with E-state index >= 15 is 0 Å². The van der Waals surface area contributed by atoms with Gasteiger partial charge in [-0.1, -0.05) is 17.7 Å². The minimum Gasteiger partial charge on any atom is -0.368 e. The van der Waals surface area contributed by atoms with Crippen LogP contribution in [0.2, 0.25) is 0 Å². The van der Waals surface area contributed by atoms with Crippen LogP contribution in [0.5, 0.6) is 0 Å². The third kappa shape index (κ3) is 2.25. The minimum absolute atomic E-state index is 0.0380. The lowest BCUT2D eigenvalue weighted by molar-refractivity contribution is 0.620. The van der Waals surface area contributed by atoms with Gasteiger partial charge in [0.25, 0.3) is 0 Å². The van der Waals surface area contributed by atoms with Crippen molar-refractivity contribution in [2.75, 3.05) is 11.1 Å². The topological polar surface area (TPSA) is 63.8 Å². The van der Waals surface area contributed by atoms with Crippen molar-refractivity contribution in [3.05, 3.63) is 41.8 Å². The molecule has 0 aliphatic heterocycles. The lowest BCUT2D eigenvalue weighted by atomic mass is 10.2. The summed E-state index contributed by atoms with van der Waals surface area (Å²) in [4.78, 5) is 7.32. The van der Waals surface area contributed by atoms with Crippen LogP contribution in [0.3, 0.4) is 0 Å². The second-order valence-electron chi connectivity index (χ2n) is 3.42. The second-order valence-corrected chi connectivity index (χ2v) is 3.42. The summed E-state index contributed by atoms with van der Waals surface area (Å²) in [5.74, 6) is -0.415. The van der Waals surface area contributed by atoms with Crippen LogP contribution < -0.4 is 11.1 Å². The number of aryl methyl sites for hydroxylation is 1. The monoisotopic (exact) mass is 218 g/mol. The molecular formula is C11H11FN4. The third-order valence-electron chi connectivity index (χ3n) is 2.08. The molecule has 0 spiro atoms. The molecule has 0 bridgehead atoms. The number of nitrogens with two attached hydrogens (primary N) is 1.